The maximum Gasteiger partial charge on any atom is 0.264 e. The molecule has 26 heavy (non-hydrogen) atoms. The molecule has 1 aliphatic rings. The standard InChI is InChI=1S/C19H19N5O2/c25-17(21-12-19(7-8-19)13-24-10-4-9-22-24)15-11-20-16(23-18(15)26)14-5-2-1-3-6-14/h1-6,9-11H,7-8,12-13H2,(H,21,25)(H,20,23,26). The molecule has 2 aromatic heterocycles. The zero-order valence-electron chi connectivity index (χ0n) is 14.2. The third-order valence-corrected chi connectivity index (χ3v) is 4.73. The average Bonchev–Trinajstić information content (AvgIpc) is 3.23. The molecule has 1 aliphatic carbocycles. The smallest absolute Gasteiger partial charge is 0.264 e. The quantitative estimate of drug-likeness (QED) is 0.710. The number of rotatable bonds is 6. The SMILES string of the molecule is O=C(NCC1(Cn2cccn2)CC1)c1cnc(-c2ccccc2)[nH]c1=O. The number of aromatic amines is 1. The zero-order chi connectivity index (χ0) is 18.0. The van der Waals surface area contributed by atoms with Gasteiger partial charge in [0.1, 0.15) is 11.4 Å². The predicted molar refractivity (Wildman–Crippen MR) is 96.5 cm³/mol. The van der Waals surface area contributed by atoms with Crippen LogP contribution in [0.15, 0.2) is 59.8 Å². The first-order valence-corrected chi connectivity index (χ1v) is 8.56. The van der Waals surface area contributed by atoms with E-state index in [2.05, 4.69) is 20.4 Å². The number of hydrogen-bond acceptors (Lipinski definition) is 4. The second kappa shape index (κ2) is 6.59. The molecular formula is C19H19N5O2. The van der Waals surface area contributed by atoms with E-state index < -0.39 is 11.5 Å². The van der Waals surface area contributed by atoms with Gasteiger partial charge in [-0.25, -0.2) is 4.98 Å². The number of carbonyl (C=O) groups excluding carboxylic acids is 1. The van der Waals surface area contributed by atoms with Crippen LogP contribution in [0.25, 0.3) is 11.4 Å². The van der Waals surface area contributed by atoms with Gasteiger partial charge < -0.3 is 10.3 Å². The van der Waals surface area contributed by atoms with Crippen LogP contribution in [0.4, 0.5) is 0 Å². The molecular weight excluding hydrogens is 330 g/mol. The van der Waals surface area contributed by atoms with Crippen molar-refractivity contribution in [1.82, 2.24) is 25.1 Å². The number of benzene rings is 1. The third kappa shape index (κ3) is 3.42. The molecule has 1 aromatic carbocycles. The minimum absolute atomic E-state index is 0.0274. The van der Waals surface area contributed by atoms with Gasteiger partial charge >= 0.3 is 0 Å². The van der Waals surface area contributed by atoms with Crippen LogP contribution < -0.4 is 10.9 Å². The van der Waals surface area contributed by atoms with E-state index in [1.165, 1.54) is 6.20 Å². The van der Waals surface area contributed by atoms with Crippen LogP contribution in [0.3, 0.4) is 0 Å². The summed E-state index contributed by atoms with van der Waals surface area (Å²) in [6.45, 7) is 1.29. The van der Waals surface area contributed by atoms with E-state index in [0.717, 1.165) is 24.9 Å². The Bertz CT molecular complexity index is 959. The molecule has 0 spiro atoms. The lowest BCUT2D eigenvalue weighted by Crippen LogP contribution is -2.35. The van der Waals surface area contributed by atoms with Crippen molar-refractivity contribution >= 4 is 5.91 Å². The van der Waals surface area contributed by atoms with Gasteiger partial charge in [0, 0.05) is 42.7 Å². The number of amides is 1. The minimum Gasteiger partial charge on any atom is -0.351 e. The molecule has 1 saturated carbocycles. The molecule has 2 heterocycles. The summed E-state index contributed by atoms with van der Waals surface area (Å²) in [4.78, 5) is 31.6. The van der Waals surface area contributed by atoms with Crippen LogP contribution in [-0.4, -0.2) is 32.2 Å². The Kier molecular flexibility index (Phi) is 4.12. The molecule has 2 N–H and O–H groups in total. The van der Waals surface area contributed by atoms with Gasteiger partial charge in [0.2, 0.25) is 0 Å². The largest absolute Gasteiger partial charge is 0.351 e. The van der Waals surface area contributed by atoms with Gasteiger partial charge in [0.05, 0.1) is 0 Å². The van der Waals surface area contributed by atoms with Crippen molar-refractivity contribution in [2.24, 2.45) is 5.41 Å². The van der Waals surface area contributed by atoms with Gasteiger partial charge in [-0.3, -0.25) is 14.3 Å². The van der Waals surface area contributed by atoms with E-state index in [0.29, 0.717) is 12.4 Å². The van der Waals surface area contributed by atoms with Crippen molar-refractivity contribution in [3.05, 3.63) is 70.9 Å². The number of carbonyl (C=O) groups is 1. The summed E-state index contributed by atoms with van der Waals surface area (Å²) < 4.78 is 1.88. The highest BCUT2D eigenvalue weighted by molar-refractivity contribution is 5.93. The number of hydrogen-bond donors (Lipinski definition) is 2. The van der Waals surface area contributed by atoms with E-state index in [1.54, 1.807) is 6.20 Å². The Morgan fingerprint density at radius 1 is 1.23 bits per heavy atom. The fourth-order valence-electron chi connectivity index (χ4n) is 2.97. The molecule has 7 nitrogen and oxygen atoms in total. The molecule has 0 bridgehead atoms. The predicted octanol–water partition coefficient (Wildman–Crippen LogP) is 1.84. The molecule has 4 rings (SSSR count). The van der Waals surface area contributed by atoms with Crippen LogP contribution in [0.1, 0.15) is 23.2 Å². The summed E-state index contributed by atoms with van der Waals surface area (Å²) >= 11 is 0. The highest BCUT2D eigenvalue weighted by atomic mass is 16.2. The third-order valence-electron chi connectivity index (χ3n) is 4.73. The second-order valence-corrected chi connectivity index (χ2v) is 6.73. The Hall–Kier alpha value is -3.22. The first-order valence-electron chi connectivity index (χ1n) is 8.56. The number of aromatic nitrogens is 4. The summed E-state index contributed by atoms with van der Waals surface area (Å²) in [5, 5.41) is 7.09. The summed E-state index contributed by atoms with van der Waals surface area (Å²) in [6, 6.07) is 11.2. The lowest BCUT2D eigenvalue weighted by atomic mass is 10.1. The van der Waals surface area contributed by atoms with Crippen molar-refractivity contribution in [1.29, 1.82) is 0 Å². The molecule has 0 radical (unpaired) electrons. The summed E-state index contributed by atoms with van der Waals surface area (Å²) in [5.74, 6) is 0.0506. The minimum atomic E-state index is -0.437. The van der Waals surface area contributed by atoms with Gasteiger partial charge in [0.15, 0.2) is 0 Å². The molecule has 3 aromatic rings. The topological polar surface area (TPSA) is 92.7 Å². The van der Waals surface area contributed by atoms with E-state index in [1.807, 2.05) is 47.3 Å². The average molecular weight is 349 g/mol. The van der Waals surface area contributed by atoms with Crippen molar-refractivity contribution in [2.75, 3.05) is 6.54 Å². The van der Waals surface area contributed by atoms with Crippen LogP contribution in [-0.2, 0) is 6.54 Å². The number of nitrogens with zero attached hydrogens (tertiary/aromatic N) is 3. The van der Waals surface area contributed by atoms with Crippen molar-refractivity contribution in [3.8, 4) is 11.4 Å². The van der Waals surface area contributed by atoms with Gasteiger partial charge in [-0.2, -0.15) is 5.10 Å². The van der Waals surface area contributed by atoms with Crippen molar-refractivity contribution < 1.29 is 4.79 Å². The first-order chi connectivity index (χ1) is 12.7. The Morgan fingerprint density at radius 3 is 2.69 bits per heavy atom. The highest BCUT2D eigenvalue weighted by Gasteiger charge is 2.43. The maximum absolute atomic E-state index is 12.4. The monoisotopic (exact) mass is 349 g/mol. The molecule has 132 valence electrons. The second-order valence-electron chi connectivity index (χ2n) is 6.73. The summed E-state index contributed by atoms with van der Waals surface area (Å²) in [7, 11) is 0. The number of nitrogens with one attached hydrogen (secondary N) is 2. The van der Waals surface area contributed by atoms with Gasteiger partial charge in [0.25, 0.3) is 11.5 Å². The molecule has 1 fully saturated rings. The van der Waals surface area contributed by atoms with Gasteiger partial charge in [-0.1, -0.05) is 30.3 Å². The van der Waals surface area contributed by atoms with Crippen LogP contribution in [0.2, 0.25) is 0 Å². The molecule has 0 aliphatic heterocycles. The van der Waals surface area contributed by atoms with Crippen LogP contribution in [0, 0.1) is 5.41 Å². The highest BCUT2D eigenvalue weighted by Crippen LogP contribution is 2.46. The zero-order valence-corrected chi connectivity index (χ0v) is 14.2. The Labute approximate surface area is 150 Å². The fraction of sp³-hybridized carbons (Fsp3) is 0.263. The van der Waals surface area contributed by atoms with E-state index in [-0.39, 0.29) is 11.0 Å². The lowest BCUT2D eigenvalue weighted by molar-refractivity contribution is 0.0940. The number of H-pyrrole nitrogens is 1. The van der Waals surface area contributed by atoms with Gasteiger partial charge in [-0.05, 0) is 18.9 Å². The van der Waals surface area contributed by atoms with Crippen LogP contribution >= 0.6 is 0 Å². The fourth-order valence-corrected chi connectivity index (χ4v) is 2.97. The Morgan fingerprint density at radius 2 is 2.04 bits per heavy atom. The van der Waals surface area contributed by atoms with E-state index >= 15 is 0 Å². The van der Waals surface area contributed by atoms with E-state index in [9.17, 15) is 9.59 Å². The lowest BCUT2D eigenvalue weighted by Gasteiger charge is -2.16. The van der Waals surface area contributed by atoms with Crippen molar-refractivity contribution in [3.63, 3.8) is 0 Å². The first kappa shape index (κ1) is 16.3. The molecule has 0 saturated heterocycles. The molecule has 0 unspecified atom stereocenters. The molecule has 0 atom stereocenters. The maximum atomic E-state index is 12.4. The van der Waals surface area contributed by atoms with Crippen molar-refractivity contribution in [2.45, 2.75) is 19.4 Å². The normalized spacial score (nSPS) is 14.8. The molecule has 7 heteroatoms. The molecule has 1 amide bonds. The summed E-state index contributed by atoms with van der Waals surface area (Å²) in [5.41, 5.74) is 0.423. The Balaban J connectivity index is 1.43. The summed E-state index contributed by atoms with van der Waals surface area (Å²) in [6.07, 6.45) is 7.07. The van der Waals surface area contributed by atoms with E-state index in [4.69, 9.17) is 0 Å². The van der Waals surface area contributed by atoms with Gasteiger partial charge in [-0.15, -0.1) is 0 Å². The van der Waals surface area contributed by atoms with Crippen LogP contribution in [0.5, 0.6) is 0 Å².